The molecule has 1 N–H and O–H groups in total. The van der Waals surface area contributed by atoms with Crippen molar-refractivity contribution >= 4 is 17.7 Å². The highest BCUT2D eigenvalue weighted by molar-refractivity contribution is 5.98. The second-order valence-corrected chi connectivity index (χ2v) is 8.17. The number of carbonyl (C=O) groups is 2. The van der Waals surface area contributed by atoms with Gasteiger partial charge in [0.1, 0.15) is 23.3 Å². The van der Waals surface area contributed by atoms with Crippen LogP contribution in [0, 0.1) is 25.5 Å². The third kappa shape index (κ3) is 6.50. The molecule has 0 aliphatic rings. The first-order valence-corrected chi connectivity index (χ1v) is 9.51. The number of nitrogens with zero attached hydrogens (tertiary/aromatic N) is 2. The van der Waals surface area contributed by atoms with Gasteiger partial charge in [-0.1, -0.05) is 0 Å². The third-order valence-electron chi connectivity index (χ3n) is 4.39. The Bertz CT molecular complexity index is 921. The summed E-state index contributed by atoms with van der Waals surface area (Å²) in [6.45, 7) is 8.80. The fourth-order valence-electron chi connectivity index (χ4n) is 2.79. The lowest BCUT2D eigenvalue weighted by molar-refractivity contribution is -0.120. The molecule has 0 saturated carbocycles. The zero-order chi connectivity index (χ0) is 22.6. The van der Waals surface area contributed by atoms with Crippen molar-refractivity contribution in [3.05, 3.63) is 58.9 Å². The number of amides is 2. The van der Waals surface area contributed by atoms with Gasteiger partial charge in [-0.25, -0.2) is 13.6 Å². The van der Waals surface area contributed by atoms with Crippen molar-refractivity contribution in [3.63, 3.8) is 0 Å². The second-order valence-electron chi connectivity index (χ2n) is 8.17. The molecule has 0 spiro atoms. The van der Waals surface area contributed by atoms with E-state index in [1.165, 1.54) is 4.90 Å². The number of nitrogens with one attached hydrogen (secondary N) is 1. The molecule has 0 radical (unpaired) electrons. The average Bonchev–Trinajstić information content (AvgIpc) is 2.59. The summed E-state index contributed by atoms with van der Waals surface area (Å²) in [5, 5.41) is 2.52. The Hall–Kier alpha value is -3.03. The highest BCUT2D eigenvalue weighted by Crippen LogP contribution is 2.18. The van der Waals surface area contributed by atoms with Gasteiger partial charge in [0.05, 0.1) is 11.9 Å². The van der Waals surface area contributed by atoms with E-state index in [1.54, 1.807) is 40.1 Å². The molecule has 0 aliphatic heterocycles. The van der Waals surface area contributed by atoms with Gasteiger partial charge in [-0.2, -0.15) is 0 Å². The molecule has 30 heavy (non-hydrogen) atoms. The molecular formula is C22H27F2N3O3. The summed E-state index contributed by atoms with van der Waals surface area (Å²) in [6, 6.07) is 3.68. The van der Waals surface area contributed by atoms with Crippen LogP contribution >= 0.6 is 0 Å². The number of carbonyl (C=O) groups excluding carboxylic acids is 2. The highest BCUT2D eigenvalue weighted by Gasteiger charge is 2.28. The van der Waals surface area contributed by atoms with E-state index in [0.717, 1.165) is 29.5 Å². The average molecular weight is 419 g/mol. The van der Waals surface area contributed by atoms with E-state index in [4.69, 9.17) is 4.74 Å². The summed E-state index contributed by atoms with van der Waals surface area (Å²) in [5.41, 5.74) is 1.72. The molecule has 8 heteroatoms. The predicted molar refractivity (Wildman–Crippen MR) is 110 cm³/mol. The van der Waals surface area contributed by atoms with Gasteiger partial charge in [0.2, 0.25) is 5.91 Å². The van der Waals surface area contributed by atoms with Crippen LogP contribution in [0.5, 0.6) is 0 Å². The van der Waals surface area contributed by atoms with Gasteiger partial charge in [0.25, 0.3) is 0 Å². The van der Waals surface area contributed by atoms with Crippen LogP contribution in [0.1, 0.15) is 37.6 Å². The van der Waals surface area contributed by atoms with Crippen LogP contribution in [0.4, 0.5) is 19.3 Å². The minimum absolute atomic E-state index is 0.116. The second kappa shape index (κ2) is 9.19. The highest BCUT2D eigenvalue weighted by atomic mass is 19.1. The lowest BCUT2D eigenvalue weighted by atomic mass is 10.0. The number of anilines is 1. The first-order chi connectivity index (χ1) is 13.9. The summed E-state index contributed by atoms with van der Waals surface area (Å²) in [4.78, 5) is 31.0. The van der Waals surface area contributed by atoms with Crippen LogP contribution in [0.3, 0.4) is 0 Å². The lowest BCUT2D eigenvalue weighted by Gasteiger charge is -2.27. The number of halogens is 2. The Morgan fingerprint density at radius 2 is 1.73 bits per heavy atom. The summed E-state index contributed by atoms with van der Waals surface area (Å²) in [7, 11) is 1.55. The minimum Gasteiger partial charge on any atom is -0.444 e. The number of hydrogen-bond donors (Lipinski definition) is 1. The predicted octanol–water partition coefficient (Wildman–Crippen LogP) is 4.08. The Morgan fingerprint density at radius 1 is 1.13 bits per heavy atom. The van der Waals surface area contributed by atoms with E-state index in [0.29, 0.717) is 5.69 Å². The first-order valence-electron chi connectivity index (χ1n) is 9.51. The van der Waals surface area contributed by atoms with Crippen molar-refractivity contribution in [2.45, 2.75) is 52.7 Å². The molecule has 0 unspecified atom stereocenters. The first kappa shape index (κ1) is 23.3. The molecule has 0 bridgehead atoms. The molecule has 2 rings (SSSR count). The zero-order valence-corrected chi connectivity index (χ0v) is 18.0. The van der Waals surface area contributed by atoms with Crippen molar-refractivity contribution in [2.75, 3.05) is 11.9 Å². The molecule has 0 saturated heterocycles. The van der Waals surface area contributed by atoms with Crippen molar-refractivity contribution in [1.82, 2.24) is 10.3 Å². The monoisotopic (exact) mass is 419 g/mol. The Kier molecular flexibility index (Phi) is 7.12. The van der Waals surface area contributed by atoms with Gasteiger partial charge < -0.3 is 15.0 Å². The summed E-state index contributed by atoms with van der Waals surface area (Å²) in [6.07, 6.45) is 0.631. The largest absolute Gasteiger partial charge is 0.444 e. The molecule has 1 heterocycles. The van der Waals surface area contributed by atoms with E-state index in [2.05, 4.69) is 10.3 Å². The molecule has 6 nitrogen and oxygen atoms in total. The fraction of sp³-hybridized carbons (Fsp3) is 0.409. The van der Waals surface area contributed by atoms with Crippen LogP contribution in [-0.2, 0) is 16.0 Å². The van der Waals surface area contributed by atoms with Gasteiger partial charge >= 0.3 is 6.09 Å². The minimum atomic E-state index is -1.10. The molecular weight excluding hydrogens is 392 g/mol. The van der Waals surface area contributed by atoms with Crippen LogP contribution in [-0.4, -0.2) is 35.7 Å². The Labute approximate surface area is 175 Å². The normalized spacial score (nSPS) is 12.3. The van der Waals surface area contributed by atoms with Crippen LogP contribution in [0.2, 0.25) is 0 Å². The number of aryl methyl sites for hydroxylation is 2. The summed E-state index contributed by atoms with van der Waals surface area (Å²) >= 11 is 0. The van der Waals surface area contributed by atoms with E-state index < -0.39 is 35.3 Å². The topological polar surface area (TPSA) is 71.5 Å². The quantitative estimate of drug-likeness (QED) is 0.793. The van der Waals surface area contributed by atoms with Crippen LogP contribution in [0.15, 0.2) is 30.5 Å². The number of alkyl carbamates (subject to hydrolysis) is 1. The number of benzene rings is 1. The fourth-order valence-corrected chi connectivity index (χ4v) is 2.79. The molecule has 2 aromatic rings. The SMILES string of the molecule is Cc1cc(N(C)C(=O)[C@H](Cc2cc(F)cc(F)c2)NC(=O)OC(C)(C)C)cnc1C. The van der Waals surface area contributed by atoms with E-state index in [9.17, 15) is 18.4 Å². The number of rotatable bonds is 5. The van der Waals surface area contributed by atoms with Crippen molar-refractivity contribution in [3.8, 4) is 0 Å². The van der Waals surface area contributed by atoms with Gasteiger partial charge in [0.15, 0.2) is 0 Å². The third-order valence-corrected chi connectivity index (χ3v) is 4.39. The summed E-state index contributed by atoms with van der Waals surface area (Å²) < 4.78 is 32.5. The number of likely N-dealkylation sites (N-methyl/N-ethyl adjacent to an activating group) is 1. The van der Waals surface area contributed by atoms with E-state index in [1.807, 2.05) is 13.8 Å². The number of hydrogen-bond acceptors (Lipinski definition) is 4. The molecule has 162 valence electrons. The standard InChI is InChI=1S/C22H27F2N3O3/c1-13-7-18(12-25-14(13)2)27(6)20(28)19(26-21(29)30-22(3,4)5)10-15-8-16(23)11-17(24)9-15/h7-9,11-12,19H,10H2,1-6H3,(H,26,29)/t19-/m0/s1. The van der Waals surface area contributed by atoms with E-state index >= 15 is 0 Å². The van der Waals surface area contributed by atoms with Crippen molar-refractivity contribution in [1.29, 1.82) is 0 Å². The van der Waals surface area contributed by atoms with Crippen LogP contribution < -0.4 is 10.2 Å². The van der Waals surface area contributed by atoms with Gasteiger partial charge in [-0.3, -0.25) is 9.78 Å². The Morgan fingerprint density at radius 3 is 2.27 bits per heavy atom. The molecule has 1 aromatic heterocycles. The number of aromatic nitrogens is 1. The molecule has 0 fully saturated rings. The molecule has 1 aromatic carbocycles. The zero-order valence-electron chi connectivity index (χ0n) is 18.0. The van der Waals surface area contributed by atoms with E-state index in [-0.39, 0.29) is 12.0 Å². The molecule has 1 atom stereocenters. The molecule has 2 amide bonds. The van der Waals surface area contributed by atoms with Crippen molar-refractivity contribution < 1.29 is 23.1 Å². The van der Waals surface area contributed by atoms with Gasteiger partial charge in [-0.05, 0) is 63.9 Å². The maximum absolute atomic E-state index is 13.6. The molecule has 0 aliphatic carbocycles. The van der Waals surface area contributed by atoms with Gasteiger partial charge in [-0.15, -0.1) is 0 Å². The van der Waals surface area contributed by atoms with Gasteiger partial charge in [0, 0.05) is 25.2 Å². The van der Waals surface area contributed by atoms with Crippen molar-refractivity contribution in [2.24, 2.45) is 0 Å². The summed E-state index contributed by atoms with van der Waals surface area (Å²) in [5.74, 6) is -2.00. The maximum atomic E-state index is 13.6. The lowest BCUT2D eigenvalue weighted by Crippen LogP contribution is -2.50. The Balaban J connectivity index is 2.31. The van der Waals surface area contributed by atoms with Crippen LogP contribution in [0.25, 0.3) is 0 Å². The number of pyridine rings is 1. The smallest absolute Gasteiger partial charge is 0.408 e. The number of ether oxygens (including phenoxy) is 1. The maximum Gasteiger partial charge on any atom is 0.408 e.